The summed E-state index contributed by atoms with van der Waals surface area (Å²) >= 11 is 0. The van der Waals surface area contributed by atoms with Gasteiger partial charge in [0, 0.05) is 38.9 Å². The Morgan fingerprint density at radius 2 is 0.981 bits per heavy atom. The Morgan fingerprint density at radius 3 is 1.39 bits per heavy atom. The standard InChI is InChI=1S/C41H77O12P/c1-3-5-7-9-11-13-15-17-19-21-23-25-40(44)49-33-35(51-41(45)26-24-22-20-18-16-14-12-10-8-6-4-2)34-50-54(46,52-36-27-29-47-38(36)31-42)53-37-28-30-48-39(37)32-43/h35-39,42-43H,3-34H2,1-2H3/t35-,36?,37?,38?,39?,54?/m1/s1. The third-order valence-corrected chi connectivity index (χ3v) is 11.8. The zero-order valence-corrected chi connectivity index (χ0v) is 34.8. The van der Waals surface area contributed by atoms with Gasteiger partial charge in [-0.1, -0.05) is 142 Å². The Bertz CT molecular complexity index is 956. The van der Waals surface area contributed by atoms with Crippen LogP contribution in [0.5, 0.6) is 0 Å². The summed E-state index contributed by atoms with van der Waals surface area (Å²) in [6.45, 7) is 3.70. The molecule has 0 aliphatic carbocycles. The molecule has 2 N–H and O–H groups in total. The second-order valence-corrected chi connectivity index (χ2v) is 16.7. The average Bonchev–Trinajstić information content (AvgIpc) is 3.82. The first-order chi connectivity index (χ1) is 26.3. The minimum Gasteiger partial charge on any atom is -0.462 e. The van der Waals surface area contributed by atoms with Crippen molar-refractivity contribution in [2.24, 2.45) is 0 Å². The minimum atomic E-state index is -4.37. The zero-order valence-electron chi connectivity index (χ0n) is 33.9. The highest BCUT2D eigenvalue weighted by molar-refractivity contribution is 7.48. The van der Waals surface area contributed by atoms with Gasteiger partial charge in [0.2, 0.25) is 0 Å². The first-order valence-electron chi connectivity index (χ1n) is 21.7. The maximum absolute atomic E-state index is 14.1. The Balaban J connectivity index is 1.87. The fourth-order valence-electron chi connectivity index (χ4n) is 6.92. The van der Waals surface area contributed by atoms with Gasteiger partial charge in [-0.25, -0.2) is 4.57 Å². The Hall–Kier alpha value is -1.11. The number of phosphoric ester groups is 1. The van der Waals surface area contributed by atoms with E-state index in [1.165, 1.54) is 96.3 Å². The molecule has 0 amide bonds. The third-order valence-electron chi connectivity index (χ3n) is 10.3. The highest BCUT2D eigenvalue weighted by Crippen LogP contribution is 2.54. The molecule has 5 atom stereocenters. The first kappa shape index (κ1) is 49.0. The summed E-state index contributed by atoms with van der Waals surface area (Å²) < 4.78 is 53.8. The number of carbonyl (C=O) groups excluding carboxylic acids is 2. The second-order valence-electron chi connectivity index (χ2n) is 15.2. The van der Waals surface area contributed by atoms with E-state index in [0.717, 1.165) is 38.5 Å². The van der Waals surface area contributed by atoms with Crippen LogP contribution >= 0.6 is 7.82 Å². The molecule has 0 saturated carbocycles. The van der Waals surface area contributed by atoms with Crippen LogP contribution < -0.4 is 0 Å². The predicted octanol–water partition coefficient (Wildman–Crippen LogP) is 9.30. The maximum atomic E-state index is 14.1. The van der Waals surface area contributed by atoms with E-state index >= 15 is 0 Å². The summed E-state index contributed by atoms with van der Waals surface area (Å²) in [5, 5.41) is 19.5. The van der Waals surface area contributed by atoms with Crippen molar-refractivity contribution in [3.8, 4) is 0 Å². The molecule has 13 heteroatoms. The molecule has 0 spiro atoms. The Kier molecular flexibility index (Phi) is 29.0. The molecule has 4 unspecified atom stereocenters. The minimum absolute atomic E-state index is 0.208. The molecule has 0 bridgehead atoms. The number of rotatable bonds is 36. The number of hydrogen-bond acceptors (Lipinski definition) is 12. The lowest BCUT2D eigenvalue weighted by Gasteiger charge is -2.28. The molecule has 0 radical (unpaired) electrons. The molecule has 2 heterocycles. The Morgan fingerprint density at radius 1 is 0.593 bits per heavy atom. The van der Waals surface area contributed by atoms with Gasteiger partial charge in [-0.2, -0.15) is 0 Å². The van der Waals surface area contributed by atoms with Crippen LogP contribution in [-0.2, 0) is 46.7 Å². The van der Waals surface area contributed by atoms with Crippen molar-refractivity contribution in [3.63, 3.8) is 0 Å². The lowest BCUT2D eigenvalue weighted by molar-refractivity contribution is -0.161. The largest absolute Gasteiger partial charge is 0.475 e. The van der Waals surface area contributed by atoms with E-state index in [4.69, 9.17) is 32.5 Å². The summed E-state index contributed by atoms with van der Waals surface area (Å²) in [7, 11) is -4.37. The normalized spacial score (nSPS) is 21.6. The van der Waals surface area contributed by atoms with Gasteiger partial charge < -0.3 is 29.2 Å². The van der Waals surface area contributed by atoms with Crippen molar-refractivity contribution < 1.29 is 56.9 Å². The smallest absolute Gasteiger partial charge is 0.462 e. The molecule has 2 aliphatic heterocycles. The lowest BCUT2D eigenvalue weighted by atomic mass is 10.1. The van der Waals surface area contributed by atoms with Crippen LogP contribution in [0.3, 0.4) is 0 Å². The van der Waals surface area contributed by atoms with Gasteiger partial charge in [-0.05, 0) is 12.8 Å². The van der Waals surface area contributed by atoms with Crippen molar-refractivity contribution in [1.82, 2.24) is 0 Å². The second kappa shape index (κ2) is 31.9. The zero-order chi connectivity index (χ0) is 39.1. The van der Waals surface area contributed by atoms with E-state index in [1.54, 1.807) is 0 Å². The third kappa shape index (κ3) is 23.2. The molecular formula is C41H77O12P. The van der Waals surface area contributed by atoms with Crippen LogP contribution in [0, 0.1) is 0 Å². The SMILES string of the molecule is CCCCCCCCCCCCCC(=O)OC[C@H](COP(=O)(OC1CCOC1CO)OC1CCOC1CO)OC(=O)CCCCCCCCCCCCC. The molecular weight excluding hydrogens is 715 g/mol. The molecule has 0 aromatic heterocycles. The summed E-state index contributed by atoms with van der Waals surface area (Å²) in [6.07, 6.45) is 22.9. The summed E-state index contributed by atoms with van der Waals surface area (Å²) in [5.74, 6) is -0.845. The molecule has 2 fully saturated rings. The molecule has 2 saturated heterocycles. The quantitative estimate of drug-likeness (QED) is 0.0353. The number of ether oxygens (including phenoxy) is 4. The van der Waals surface area contributed by atoms with Crippen LogP contribution in [0.1, 0.15) is 181 Å². The number of esters is 2. The topological polar surface area (TPSA) is 156 Å². The van der Waals surface area contributed by atoms with Crippen LogP contribution in [-0.4, -0.2) is 92.3 Å². The highest BCUT2D eigenvalue weighted by Gasteiger charge is 2.43. The number of phosphoric acid groups is 1. The molecule has 0 aromatic carbocycles. The number of unbranched alkanes of at least 4 members (excludes halogenated alkanes) is 20. The van der Waals surface area contributed by atoms with Crippen LogP contribution in [0.2, 0.25) is 0 Å². The maximum Gasteiger partial charge on any atom is 0.475 e. The lowest BCUT2D eigenvalue weighted by Crippen LogP contribution is -2.33. The van der Waals surface area contributed by atoms with Gasteiger partial charge in [-0.15, -0.1) is 0 Å². The van der Waals surface area contributed by atoms with E-state index in [-0.39, 0.29) is 32.7 Å². The van der Waals surface area contributed by atoms with E-state index in [1.807, 2.05) is 0 Å². The number of aliphatic hydroxyl groups excluding tert-OH is 2. The molecule has 54 heavy (non-hydrogen) atoms. The van der Waals surface area contributed by atoms with Crippen molar-refractivity contribution >= 4 is 19.8 Å². The monoisotopic (exact) mass is 793 g/mol. The molecule has 12 nitrogen and oxygen atoms in total. The van der Waals surface area contributed by atoms with E-state index in [0.29, 0.717) is 32.5 Å². The number of carbonyl (C=O) groups is 2. The average molecular weight is 793 g/mol. The van der Waals surface area contributed by atoms with Gasteiger partial charge in [0.1, 0.15) is 31.0 Å². The number of hydrogen-bond donors (Lipinski definition) is 2. The van der Waals surface area contributed by atoms with Crippen LogP contribution in [0.25, 0.3) is 0 Å². The molecule has 0 aromatic rings. The summed E-state index contributed by atoms with van der Waals surface area (Å²) in [4.78, 5) is 25.6. The van der Waals surface area contributed by atoms with Crippen molar-refractivity contribution in [2.75, 3.05) is 39.6 Å². The van der Waals surface area contributed by atoms with E-state index < -0.39 is 56.9 Å². The van der Waals surface area contributed by atoms with Crippen LogP contribution in [0.4, 0.5) is 0 Å². The van der Waals surface area contributed by atoms with Gasteiger partial charge in [0.15, 0.2) is 6.10 Å². The predicted molar refractivity (Wildman–Crippen MR) is 209 cm³/mol. The van der Waals surface area contributed by atoms with Crippen molar-refractivity contribution in [1.29, 1.82) is 0 Å². The van der Waals surface area contributed by atoms with Crippen LogP contribution in [0.15, 0.2) is 0 Å². The fourth-order valence-corrected chi connectivity index (χ4v) is 8.58. The van der Waals surface area contributed by atoms with Gasteiger partial charge in [0.05, 0.1) is 19.8 Å². The van der Waals surface area contributed by atoms with E-state index in [9.17, 15) is 24.4 Å². The van der Waals surface area contributed by atoms with Crippen molar-refractivity contribution in [3.05, 3.63) is 0 Å². The first-order valence-corrected chi connectivity index (χ1v) is 23.2. The van der Waals surface area contributed by atoms with Gasteiger partial charge in [0.25, 0.3) is 0 Å². The number of aliphatic hydroxyl groups is 2. The van der Waals surface area contributed by atoms with Gasteiger partial charge >= 0.3 is 19.8 Å². The summed E-state index contributed by atoms with van der Waals surface area (Å²) in [6, 6.07) is 0. The highest BCUT2D eigenvalue weighted by atomic mass is 31.2. The molecule has 2 aliphatic rings. The van der Waals surface area contributed by atoms with Crippen molar-refractivity contribution in [2.45, 2.75) is 211 Å². The molecule has 2 rings (SSSR count). The molecule has 318 valence electrons. The fraction of sp³-hybridized carbons (Fsp3) is 0.951. The summed E-state index contributed by atoms with van der Waals surface area (Å²) in [5.41, 5.74) is 0. The van der Waals surface area contributed by atoms with E-state index in [2.05, 4.69) is 13.8 Å². The Labute approximate surface area is 327 Å². The van der Waals surface area contributed by atoms with Gasteiger partial charge in [-0.3, -0.25) is 23.2 Å².